The van der Waals surface area contributed by atoms with Gasteiger partial charge in [-0.2, -0.15) is 0 Å². The predicted molar refractivity (Wildman–Crippen MR) is 67.8 cm³/mol. The normalized spacial score (nSPS) is 11.2. The van der Waals surface area contributed by atoms with Crippen LogP contribution in [0.5, 0.6) is 0 Å². The van der Waals surface area contributed by atoms with Gasteiger partial charge < -0.3 is 14.8 Å². The highest BCUT2D eigenvalue weighted by Gasteiger charge is 2.13. The molecule has 0 amide bonds. The standard InChI is InChI=1S/C12H10ClN3O/c1-16-10(9-6-11(14)17-15-9)5-7-3-2-4-8(13)12(7)16/h2-6H,14H2,1H3. The van der Waals surface area contributed by atoms with E-state index >= 15 is 0 Å². The number of benzene rings is 1. The highest BCUT2D eigenvalue weighted by Crippen LogP contribution is 2.31. The zero-order valence-corrected chi connectivity index (χ0v) is 9.90. The minimum atomic E-state index is 0.302. The molecule has 0 unspecified atom stereocenters. The summed E-state index contributed by atoms with van der Waals surface area (Å²) in [5.74, 6) is 0.302. The second-order valence-electron chi connectivity index (χ2n) is 3.88. The number of nitrogens with zero attached hydrogens (tertiary/aromatic N) is 2. The Hall–Kier alpha value is -1.94. The van der Waals surface area contributed by atoms with Gasteiger partial charge in [-0.15, -0.1) is 0 Å². The highest BCUT2D eigenvalue weighted by molar-refractivity contribution is 6.35. The van der Waals surface area contributed by atoms with Gasteiger partial charge in [-0.25, -0.2) is 0 Å². The number of aryl methyl sites for hydroxylation is 1. The van der Waals surface area contributed by atoms with E-state index in [1.165, 1.54) is 0 Å². The van der Waals surface area contributed by atoms with E-state index in [0.717, 1.165) is 16.6 Å². The zero-order chi connectivity index (χ0) is 12.0. The van der Waals surface area contributed by atoms with Crippen LogP contribution in [-0.4, -0.2) is 9.72 Å². The average Bonchev–Trinajstić information content (AvgIpc) is 2.84. The van der Waals surface area contributed by atoms with Gasteiger partial charge in [0.1, 0.15) is 5.69 Å². The van der Waals surface area contributed by atoms with Crippen LogP contribution in [0.15, 0.2) is 34.9 Å². The van der Waals surface area contributed by atoms with Gasteiger partial charge in [-0.1, -0.05) is 28.9 Å². The number of aromatic nitrogens is 2. The van der Waals surface area contributed by atoms with Crippen molar-refractivity contribution in [3.8, 4) is 11.4 Å². The number of para-hydroxylation sites is 1. The van der Waals surface area contributed by atoms with E-state index in [1.54, 1.807) is 6.07 Å². The monoisotopic (exact) mass is 247 g/mol. The molecule has 0 saturated carbocycles. The van der Waals surface area contributed by atoms with Gasteiger partial charge in [0.2, 0.25) is 5.88 Å². The van der Waals surface area contributed by atoms with Gasteiger partial charge in [0.15, 0.2) is 0 Å². The smallest absolute Gasteiger partial charge is 0.222 e. The third-order valence-corrected chi connectivity index (χ3v) is 3.10. The molecule has 0 saturated heterocycles. The summed E-state index contributed by atoms with van der Waals surface area (Å²) in [5, 5.41) is 5.69. The molecule has 2 aromatic heterocycles. The molecule has 1 aromatic carbocycles. The molecule has 86 valence electrons. The lowest BCUT2D eigenvalue weighted by molar-refractivity contribution is 0.439. The molecule has 0 aliphatic heterocycles. The molecule has 0 radical (unpaired) electrons. The predicted octanol–water partition coefficient (Wildman–Crippen LogP) is 3.07. The number of fused-ring (bicyclic) bond motifs is 1. The molecule has 4 nitrogen and oxygen atoms in total. The summed E-state index contributed by atoms with van der Waals surface area (Å²) < 4.78 is 6.86. The Balaban J connectivity index is 2.32. The van der Waals surface area contributed by atoms with E-state index in [0.29, 0.717) is 16.6 Å². The SMILES string of the molecule is Cn1c(-c2cc(N)on2)cc2cccc(Cl)c21. The molecule has 3 aromatic rings. The van der Waals surface area contributed by atoms with Gasteiger partial charge in [0.05, 0.1) is 16.2 Å². The van der Waals surface area contributed by atoms with Crippen molar-refractivity contribution in [3.63, 3.8) is 0 Å². The molecule has 5 heteroatoms. The first-order valence-corrected chi connectivity index (χ1v) is 5.51. The van der Waals surface area contributed by atoms with E-state index in [9.17, 15) is 0 Å². The summed E-state index contributed by atoms with van der Waals surface area (Å²) in [5.41, 5.74) is 8.13. The molecule has 0 atom stereocenters. The first kappa shape index (κ1) is 10.2. The molecular weight excluding hydrogens is 238 g/mol. The number of halogens is 1. The van der Waals surface area contributed by atoms with Crippen LogP contribution < -0.4 is 5.73 Å². The van der Waals surface area contributed by atoms with Crippen molar-refractivity contribution in [2.75, 3.05) is 5.73 Å². The van der Waals surface area contributed by atoms with Crippen LogP contribution in [0.2, 0.25) is 5.02 Å². The molecule has 17 heavy (non-hydrogen) atoms. The summed E-state index contributed by atoms with van der Waals surface area (Å²) >= 11 is 6.18. The molecule has 2 N–H and O–H groups in total. The Bertz CT molecular complexity index is 699. The highest BCUT2D eigenvalue weighted by atomic mass is 35.5. The lowest BCUT2D eigenvalue weighted by Gasteiger charge is -2.01. The Morgan fingerprint density at radius 3 is 2.82 bits per heavy atom. The van der Waals surface area contributed by atoms with E-state index in [4.69, 9.17) is 21.9 Å². The van der Waals surface area contributed by atoms with Gasteiger partial charge >= 0.3 is 0 Å². The lowest BCUT2D eigenvalue weighted by atomic mass is 10.2. The quantitative estimate of drug-likeness (QED) is 0.719. The third-order valence-electron chi connectivity index (χ3n) is 2.80. The Morgan fingerprint density at radius 1 is 1.35 bits per heavy atom. The maximum atomic E-state index is 6.18. The Morgan fingerprint density at radius 2 is 2.18 bits per heavy atom. The second-order valence-corrected chi connectivity index (χ2v) is 4.29. The number of nitrogen functional groups attached to an aromatic ring is 1. The Kier molecular flexibility index (Phi) is 2.12. The minimum Gasteiger partial charge on any atom is -0.368 e. The summed E-state index contributed by atoms with van der Waals surface area (Å²) in [6, 6.07) is 9.51. The van der Waals surface area contributed by atoms with Crippen LogP contribution in [0.3, 0.4) is 0 Å². The lowest BCUT2D eigenvalue weighted by Crippen LogP contribution is -1.91. The van der Waals surface area contributed by atoms with Crippen molar-refractivity contribution in [3.05, 3.63) is 35.4 Å². The fraction of sp³-hybridized carbons (Fsp3) is 0.0833. The maximum Gasteiger partial charge on any atom is 0.222 e. The Labute approximate surface area is 103 Å². The third kappa shape index (κ3) is 1.49. The first-order valence-electron chi connectivity index (χ1n) is 5.13. The van der Waals surface area contributed by atoms with Crippen molar-refractivity contribution < 1.29 is 4.52 Å². The van der Waals surface area contributed by atoms with Crippen LogP contribution in [0, 0.1) is 0 Å². The number of hydrogen-bond donors (Lipinski definition) is 1. The fourth-order valence-electron chi connectivity index (χ4n) is 2.02. The summed E-state index contributed by atoms with van der Waals surface area (Å²) in [6.45, 7) is 0. The van der Waals surface area contributed by atoms with E-state index in [1.807, 2.05) is 35.9 Å². The van der Waals surface area contributed by atoms with E-state index in [2.05, 4.69) is 5.16 Å². The van der Waals surface area contributed by atoms with Crippen molar-refractivity contribution in [1.29, 1.82) is 0 Å². The van der Waals surface area contributed by atoms with Crippen molar-refractivity contribution in [2.24, 2.45) is 7.05 Å². The molecule has 0 spiro atoms. The van der Waals surface area contributed by atoms with Gasteiger partial charge in [0, 0.05) is 18.5 Å². The zero-order valence-electron chi connectivity index (χ0n) is 9.14. The fourth-order valence-corrected chi connectivity index (χ4v) is 2.33. The van der Waals surface area contributed by atoms with E-state index in [-0.39, 0.29) is 0 Å². The number of anilines is 1. The van der Waals surface area contributed by atoms with Crippen molar-refractivity contribution in [2.45, 2.75) is 0 Å². The molecule has 0 bridgehead atoms. The number of hydrogen-bond acceptors (Lipinski definition) is 3. The van der Waals surface area contributed by atoms with Crippen LogP contribution in [0.4, 0.5) is 5.88 Å². The summed E-state index contributed by atoms with van der Waals surface area (Å²) in [7, 11) is 1.94. The average molecular weight is 248 g/mol. The summed E-state index contributed by atoms with van der Waals surface area (Å²) in [6.07, 6.45) is 0. The van der Waals surface area contributed by atoms with Gasteiger partial charge in [0.25, 0.3) is 0 Å². The van der Waals surface area contributed by atoms with Gasteiger partial charge in [-0.05, 0) is 12.1 Å². The van der Waals surface area contributed by atoms with Crippen LogP contribution in [0.1, 0.15) is 0 Å². The number of nitrogens with two attached hydrogens (primary N) is 1. The van der Waals surface area contributed by atoms with Crippen LogP contribution in [0.25, 0.3) is 22.3 Å². The molecule has 0 aliphatic rings. The first-order chi connectivity index (χ1) is 8.16. The maximum absolute atomic E-state index is 6.18. The molecule has 0 aliphatic carbocycles. The van der Waals surface area contributed by atoms with E-state index < -0.39 is 0 Å². The molecule has 0 fully saturated rings. The van der Waals surface area contributed by atoms with Crippen LogP contribution >= 0.6 is 11.6 Å². The van der Waals surface area contributed by atoms with Crippen molar-refractivity contribution in [1.82, 2.24) is 9.72 Å². The minimum absolute atomic E-state index is 0.302. The molecule has 3 rings (SSSR count). The summed E-state index contributed by atoms with van der Waals surface area (Å²) in [4.78, 5) is 0. The van der Waals surface area contributed by atoms with Crippen LogP contribution in [-0.2, 0) is 7.05 Å². The number of rotatable bonds is 1. The second kappa shape index (κ2) is 3.53. The molecular formula is C12H10ClN3O. The van der Waals surface area contributed by atoms with Crippen molar-refractivity contribution >= 4 is 28.4 Å². The topological polar surface area (TPSA) is 57.0 Å². The van der Waals surface area contributed by atoms with Gasteiger partial charge in [-0.3, -0.25) is 0 Å². The molecule has 2 heterocycles. The largest absolute Gasteiger partial charge is 0.368 e.